The van der Waals surface area contributed by atoms with Crippen molar-refractivity contribution in [1.82, 2.24) is 9.88 Å². The van der Waals surface area contributed by atoms with E-state index in [9.17, 15) is 0 Å². The molecule has 2 heterocycles. The van der Waals surface area contributed by atoms with Crippen molar-refractivity contribution in [3.63, 3.8) is 0 Å². The van der Waals surface area contributed by atoms with Crippen molar-refractivity contribution >= 4 is 11.6 Å². The highest BCUT2D eigenvalue weighted by atomic mass is 35.5. The molecule has 0 amide bonds. The van der Waals surface area contributed by atoms with Gasteiger partial charge in [0, 0.05) is 31.4 Å². The minimum atomic E-state index is 0.279. The minimum absolute atomic E-state index is 0.279. The van der Waals surface area contributed by atoms with Gasteiger partial charge < -0.3 is 4.74 Å². The van der Waals surface area contributed by atoms with Crippen LogP contribution in [0.3, 0.4) is 0 Å². The molecule has 1 aromatic rings. The zero-order valence-electron chi connectivity index (χ0n) is 8.98. The van der Waals surface area contributed by atoms with Crippen molar-refractivity contribution in [3.8, 4) is 5.88 Å². The lowest BCUT2D eigenvalue weighted by Gasteiger charge is -2.41. The van der Waals surface area contributed by atoms with Crippen molar-refractivity contribution in [2.45, 2.75) is 26.0 Å². The predicted octanol–water partition coefficient (Wildman–Crippen LogP) is 2.21. The molecule has 1 saturated heterocycles. The summed E-state index contributed by atoms with van der Waals surface area (Å²) in [4.78, 5) is 6.46. The van der Waals surface area contributed by atoms with Crippen molar-refractivity contribution in [1.29, 1.82) is 0 Å². The summed E-state index contributed by atoms with van der Waals surface area (Å²) >= 11 is 5.73. The molecule has 82 valence electrons. The van der Waals surface area contributed by atoms with Gasteiger partial charge in [-0.15, -0.1) is 0 Å². The van der Waals surface area contributed by atoms with Gasteiger partial charge in [-0.2, -0.15) is 0 Å². The second-order valence-corrected chi connectivity index (χ2v) is 4.54. The number of likely N-dealkylation sites (tertiary alicyclic amines) is 1. The fourth-order valence-electron chi connectivity index (χ4n) is 1.57. The van der Waals surface area contributed by atoms with Gasteiger partial charge >= 0.3 is 0 Å². The van der Waals surface area contributed by atoms with Crippen molar-refractivity contribution in [2.24, 2.45) is 0 Å². The van der Waals surface area contributed by atoms with E-state index in [2.05, 4.69) is 23.7 Å². The number of ether oxygens (including phenoxy) is 1. The van der Waals surface area contributed by atoms with Crippen molar-refractivity contribution < 1.29 is 4.74 Å². The Morgan fingerprint density at radius 1 is 1.47 bits per heavy atom. The van der Waals surface area contributed by atoms with E-state index in [0.717, 1.165) is 13.1 Å². The largest absolute Gasteiger partial charge is 0.472 e. The fourth-order valence-corrected chi connectivity index (χ4v) is 1.68. The Bertz CT molecular complexity index is 320. The Kier molecular flexibility index (Phi) is 3.12. The number of nitrogens with zero attached hydrogens (tertiary/aromatic N) is 2. The highest BCUT2D eigenvalue weighted by Gasteiger charge is 2.30. The molecule has 1 aliphatic heterocycles. The van der Waals surface area contributed by atoms with E-state index in [1.54, 1.807) is 18.3 Å². The highest BCUT2D eigenvalue weighted by Crippen LogP contribution is 2.18. The van der Waals surface area contributed by atoms with Crippen LogP contribution in [0.15, 0.2) is 18.3 Å². The molecule has 0 aliphatic carbocycles. The first-order valence-corrected chi connectivity index (χ1v) is 5.55. The summed E-state index contributed by atoms with van der Waals surface area (Å²) in [6, 6.07) is 4.20. The Labute approximate surface area is 95.0 Å². The number of rotatable bonds is 3. The molecule has 4 heteroatoms. The van der Waals surface area contributed by atoms with Crippen molar-refractivity contribution in [3.05, 3.63) is 23.4 Å². The van der Waals surface area contributed by atoms with Crippen LogP contribution in [0.1, 0.15) is 13.8 Å². The average Bonchev–Trinajstić information content (AvgIpc) is 2.13. The van der Waals surface area contributed by atoms with Crippen LogP contribution in [-0.4, -0.2) is 35.1 Å². The molecule has 1 aliphatic rings. The van der Waals surface area contributed by atoms with Crippen LogP contribution in [0, 0.1) is 0 Å². The van der Waals surface area contributed by atoms with Crippen LogP contribution in [0.25, 0.3) is 0 Å². The maximum Gasteiger partial charge on any atom is 0.213 e. The van der Waals surface area contributed by atoms with Crippen LogP contribution < -0.4 is 4.74 Å². The highest BCUT2D eigenvalue weighted by molar-refractivity contribution is 6.30. The zero-order valence-corrected chi connectivity index (χ0v) is 9.74. The summed E-state index contributed by atoms with van der Waals surface area (Å²) in [6.45, 7) is 6.36. The van der Waals surface area contributed by atoms with Gasteiger partial charge in [0.1, 0.15) is 6.10 Å². The number of hydrogen-bond donors (Lipinski definition) is 0. The summed E-state index contributed by atoms with van der Waals surface area (Å²) < 4.78 is 5.67. The normalized spacial score (nSPS) is 17.9. The maximum atomic E-state index is 5.73. The lowest BCUT2D eigenvalue weighted by Crippen LogP contribution is -2.56. The Balaban J connectivity index is 1.82. The molecule has 0 aromatic carbocycles. The van der Waals surface area contributed by atoms with E-state index in [0.29, 0.717) is 16.9 Å². The average molecular weight is 227 g/mol. The molecule has 0 unspecified atom stereocenters. The molecule has 0 atom stereocenters. The third-order valence-corrected chi connectivity index (χ3v) is 2.82. The molecule has 2 rings (SSSR count). The van der Waals surface area contributed by atoms with E-state index in [1.807, 2.05) is 0 Å². The van der Waals surface area contributed by atoms with Gasteiger partial charge in [-0.3, -0.25) is 4.90 Å². The third-order valence-electron chi connectivity index (χ3n) is 2.59. The summed E-state index contributed by atoms with van der Waals surface area (Å²) in [7, 11) is 0. The van der Waals surface area contributed by atoms with E-state index >= 15 is 0 Å². The number of aromatic nitrogens is 1. The zero-order chi connectivity index (χ0) is 10.8. The lowest BCUT2D eigenvalue weighted by atomic mass is 10.1. The van der Waals surface area contributed by atoms with Crippen LogP contribution in [0.5, 0.6) is 5.88 Å². The Hall–Kier alpha value is -0.800. The minimum Gasteiger partial charge on any atom is -0.472 e. The molecular weight excluding hydrogens is 212 g/mol. The van der Waals surface area contributed by atoms with Gasteiger partial charge in [-0.05, 0) is 19.9 Å². The van der Waals surface area contributed by atoms with Crippen LogP contribution in [0.2, 0.25) is 5.02 Å². The van der Waals surface area contributed by atoms with Crippen LogP contribution >= 0.6 is 11.6 Å². The molecule has 0 N–H and O–H groups in total. The molecule has 1 aromatic heterocycles. The van der Waals surface area contributed by atoms with Crippen LogP contribution in [-0.2, 0) is 0 Å². The van der Waals surface area contributed by atoms with Crippen molar-refractivity contribution in [2.75, 3.05) is 13.1 Å². The van der Waals surface area contributed by atoms with E-state index in [4.69, 9.17) is 16.3 Å². The molecule has 0 bridgehead atoms. The second-order valence-electron chi connectivity index (χ2n) is 4.10. The quantitative estimate of drug-likeness (QED) is 0.790. The van der Waals surface area contributed by atoms with Gasteiger partial charge in [0.05, 0.1) is 5.02 Å². The molecular formula is C11H15ClN2O. The lowest BCUT2D eigenvalue weighted by molar-refractivity contribution is -0.00227. The summed E-state index contributed by atoms with van der Waals surface area (Å²) in [5.41, 5.74) is 0. The molecule has 1 fully saturated rings. The standard InChI is InChI=1S/C11H15ClN2O/c1-8(2)14-6-10(7-14)15-11-4-3-9(12)5-13-11/h3-5,8,10H,6-7H2,1-2H3. The summed E-state index contributed by atoms with van der Waals surface area (Å²) in [5.74, 6) is 0.660. The fraction of sp³-hybridized carbons (Fsp3) is 0.545. The van der Waals surface area contributed by atoms with Gasteiger partial charge in [0.25, 0.3) is 0 Å². The summed E-state index contributed by atoms with van der Waals surface area (Å²) in [6.07, 6.45) is 1.89. The first-order valence-electron chi connectivity index (χ1n) is 5.17. The Morgan fingerprint density at radius 2 is 2.20 bits per heavy atom. The number of pyridine rings is 1. The molecule has 0 spiro atoms. The molecule has 3 nitrogen and oxygen atoms in total. The van der Waals surface area contributed by atoms with E-state index in [-0.39, 0.29) is 6.10 Å². The van der Waals surface area contributed by atoms with Gasteiger partial charge in [-0.25, -0.2) is 4.98 Å². The smallest absolute Gasteiger partial charge is 0.213 e. The van der Waals surface area contributed by atoms with E-state index < -0.39 is 0 Å². The first kappa shape index (κ1) is 10.7. The maximum absolute atomic E-state index is 5.73. The Morgan fingerprint density at radius 3 is 2.73 bits per heavy atom. The summed E-state index contributed by atoms with van der Waals surface area (Å²) in [5, 5.41) is 0.639. The molecule has 0 radical (unpaired) electrons. The van der Waals surface area contributed by atoms with E-state index in [1.165, 1.54) is 0 Å². The third kappa shape index (κ3) is 2.61. The van der Waals surface area contributed by atoms with Gasteiger partial charge in [-0.1, -0.05) is 11.6 Å². The van der Waals surface area contributed by atoms with Gasteiger partial charge in [0.2, 0.25) is 5.88 Å². The topological polar surface area (TPSA) is 25.4 Å². The molecule has 0 saturated carbocycles. The number of hydrogen-bond acceptors (Lipinski definition) is 3. The monoisotopic (exact) mass is 226 g/mol. The SMILES string of the molecule is CC(C)N1CC(Oc2ccc(Cl)cn2)C1. The second kappa shape index (κ2) is 4.37. The first-order chi connectivity index (χ1) is 7.15. The molecule has 15 heavy (non-hydrogen) atoms. The predicted molar refractivity (Wildman–Crippen MR) is 60.4 cm³/mol. The number of halogens is 1. The van der Waals surface area contributed by atoms with Gasteiger partial charge in [0.15, 0.2) is 0 Å². The van der Waals surface area contributed by atoms with Crippen LogP contribution in [0.4, 0.5) is 0 Å².